The van der Waals surface area contributed by atoms with E-state index >= 15 is 0 Å². The highest BCUT2D eigenvalue weighted by molar-refractivity contribution is 7.92. The maximum Gasteiger partial charge on any atom is 0.261 e. The van der Waals surface area contributed by atoms with Crippen LogP contribution in [0, 0.1) is 19.7 Å². The molecule has 0 aromatic heterocycles. The molecule has 3 aromatic carbocycles. The number of aryl methyl sites for hydroxylation is 2. The van der Waals surface area contributed by atoms with Gasteiger partial charge in [-0.3, -0.25) is 9.52 Å². The van der Waals surface area contributed by atoms with Gasteiger partial charge >= 0.3 is 0 Å². The van der Waals surface area contributed by atoms with Gasteiger partial charge in [-0.2, -0.15) is 0 Å². The minimum atomic E-state index is -3.87. The predicted molar refractivity (Wildman–Crippen MR) is 108 cm³/mol. The molecule has 0 aliphatic carbocycles. The van der Waals surface area contributed by atoms with Crippen LogP contribution in [0.15, 0.2) is 71.6 Å². The fraction of sp³-hybridized carbons (Fsp3) is 0.0952. The van der Waals surface area contributed by atoms with Crippen LogP contribution in [0.2, 0.25) is 0 Å². The fourth-order valence-electron chi connectivity index (χ4n) is 2.59. The highest BCUT2D eigenvalue weighted by atomic mass is 32.2. The van der Waals surface area contributed by atoms with Crippen LogP contribution in [0.1, 0.15) is 21.5 Å². The number of amides is 1. The van der Waals surface area contributed by atoms with Gasteiger partial charge in [0.1, 0.15) is 5.82 Å². The molecule has 0 unspecified atom stereocenters. The van der Waals surface area contributed by atoms with Crippen molar-refractivity contribution in [2.24, 2.45) is 0 Å². The first-order valence-corrected chi connectivity index (χ1v) is 10.00. The molecule has 3 aromatic rings. The zero-order chi connectivity index (χ0) is 20.3. The first-order chi connectivity index (χ1) is 13.2. The summed E-state index contributed by atoms with van der Waals surface area (Å²) in [5.74, 6) is -1.01. The van der Waals surface area contributed by atoms with Crippen LogP contribution >= 0.6 is 0 Å². The van der Waals surface area contributed by atoms with E-state index in [0.29, 0.717) is 5.69 Å². The van der Waals surface area contributed by atoms with Crippen LogP contribution in [-0.4, -0.2) is 14.3 Å². The molecule has 0 spiro atoms. The molecule has 144 valence electrons. The summed E-state index contributed by atoms with van der Waals surface area (Å²) in [6.07, 6.45) is 0. The molecule has 2 N–H and O–H groups in total. The second kappa shape index (κ2) is 7.82. The van der Waals surface area contributed by atoms with Gasteiger partial charge in [0.2, 0.25) is 0 Å². The normalized spacial score (nSPS) is 11.1. The lowest BCUT2D eigenvalue weighted by Gasteiger charge is -2.11. The van der Waals surface area contributed by atoms with Gasteiger partial charge in [0.15, 0.2) is 0 Å². The molecule has 0 radical (unpaired) electrons. The van der Waals surface area contributed by atoms with Crippen LogP contribution in [0.25, 0.3) is 0 Å². The Morgan fingerprint density at radius 2 is 1.61 bits per heavy atom. The topological polar surface area (TPSA) is 75.3 Å². The molecule has 0 atom stereocenters. The molecule has 0 saturated heterocycles. The van der Waals surface area contributed by atoms with Gasteiger partial charge in [-0.25, -0.2) is 12.8 Å². The third-order valence-electron chi connectivity index (χ3n) is 4.25. The SMILES string of the molecule is Cc1ccc(NS(=O)(=O)c2cccc(C(=O)Nc3cccc(F)c3)c2)cc1C. The van der Waals surface area contributed by atoms with Crippen LogP contribution in [-0.2, 0) is 10.0 Å². The zero-order valence-electron chi connectivity index (χ0n) is 15.4. The summed E-state index contributed by atoms with van der Waals surface area (Å²) in [4.78, 5) is 12.4. The minimum Gasteiger partial charge on any atom is -0.322 e. The first-order valence-electron chi connectivity index (χ1n) is 8.52. The Morgan fingerprint density at radius 1 is 0.857 bits per heavy atom. The van der Waals surface area contributed by atoms with Crippen LogP contribution in [0.3, 0.4) is 0 Å². The van der Waals surface area contributed by atoms with Gasteiger partial charge in [-0.1, -0.05) is 18.2 Å². The second-order valence-corrected chi connectivity index (χ2v) is 8.08. The average molecular weight is 398 g/mol. The quantitative estimate of drug-likeness (QED) is 0.665. The monoisotopic (exact) mass is 398 g/mol. The van der Waals surface area contributed by atoms with E-state index in [-0.39, 0.29) is 16.1 Å². The fourth-order valence-corrected chi connectivity index (χ4v) is 3.69. The van der Waals surface area contributed by atoms with E-state index in [1.807, 2.05) is 19.9 Å². The molecule has 0 bridgehead atoms. The van der Waals surface area contributed by atoms with Crippen LogP contribution in [0.5, 0.6) is 0 Å². The third kappa shape index (κ3) is 4.55. The number of nitrogens with one attached hydrogen (secondary N) is 2. The molecule has 3 rings (SSSR count). The number of sulfonamides is 1. The Kier molecular flexibility index (Phi) is 5.46. The van der Waals surface area contributed by atoms with Crippen LogP contribution < -0.4 is 10.0 Å². The lowest BCUT2D eigenvalue weighted by molar-refractivity contribution is 0.102. The first kappa shape index (κ1) is 19.6. The average Bonchev–Trinajstić information content (AvgIpc) is 2.65. The Hall–Kier alpha value is -3.19. The van der Waals surface area contributed by atoms with Crippen molar-refractivity contribution in [3.63, 3.8) is 0 Å². The Labute approximate surface area is 163 Å². The molecular weight excluding hydrogens is 379 g/mol. The molecule has 7 heteroatoms. The highest BCUT2D eigenvalue weighted by Crippen LogP contribution is 2.20. The molecule has 5 nitrogen and oxygen atoms in total. The van der Waals surface area contributed by atoms with Crippen molar-refractivity contribution in [2.45, 2.75) is 18.7 Å². The van der Waals surface area contributed by atoms with E-state index in [4.69, 9.17) is 0 Å². The summed E-state index contributed by atoms with van der Waals surface area (Å²) in [5.41, 5.74) is 2.89. The van der Waals surface area contributed by atoms with Crippen molar-refractivity contribution >= 4 is 27.3 Å². The number of rotatable bonds is 5. The molecule has 1 amide bonds. The van der Waals surface area contributed by atoms with E-state index in [1.54, 1.807) is 18.2 Å². The van der Waals surface area contributed by atoms with Crippen molar-refractivity contribution in [1.29, 1.82) is 0 Å². The van der Waals surface area contributed by atoms with Crippen LogP contribution in [0.4, 0.5) is 15.8 Å². The van der Waals surface area contributed by atoms with Gasteiger partial charge in [-0.05, 0) is 73.5 Å². The summed E-state index contributed by atoms with van der Waals surface area (Å²) >= 11 is 0. The van der Waals surface area contributed by atoms with E-state index < -0.39 is 21.7 Å². The Morgan fingerprint density at radius 3 is 2.32 bits per heavy atom. The van der Waals surface area contributed by atoms with Gasteiger partial charge in [-0.15, -0.1) is 0 Å². The van der Waals surface area contributed by atoms with E-state index in [1.165, 1.54) is 42.5 Å². The molecular formula is C21H19FN2O3S. The van der Waals surface area contributed by atoms with E-state index in [0.717, 1.165) is 11.1 Å². The Balaban J connectivity index is 1.83. The number of anilines is 2. The number of hydrogen-bond acceptors (Lipinski definition) is 3. The van der Waals surface area contributed by atoms with Gasteiger partial charge in [0, 0.05) is 16.9 Å². The molecule has 0 saturated carbocycles. The number of carbonyl (C=O) groups excluding carboxylic acids is 1. The summed E-state index contributed by atoms with van der Waals surface area (Å²) in [5, 5.41) is 2.55. The predicted octanol–water partition coefficient (Wildman–Crippen LogP) is 4.50. The molecule has 0 aliphatic heterocycles. The Bertz CT molecular complexity index is 1140. The molecule has 28 heavy (non-hydrogen) atoms. The van der Waals surface area contributed by atoms with E-state index in [9.17, 15) is 17.6 Å². The lowest BCUT2D eigenvalue weighted by Crippen LogP contribution is -2.16. The van der Waals surface area contributed by atoms with Crippen molar-refractivity contribution in [2.75, 3.05) is 10.0 Å². The van der Waals surface area contributed by atoms with E-state index in [2.05, 4.69) is 10.0 Å². The maximum absolute atomic E-state index is 13.3. The minimum absolute atomic E-state index is 0.0439. The number of carbonyl (C=O) groups is 1. The summed E-state index contributed by atoms with van der Waals surface area (Å²) in [7, 11) is -3.87. The molecule has 0 heterocycles. The standard InChI is InChI=1S/C21H19FN2O3S/c1-14-9-10-19(11-15(14)2)24-28(26,27)20-8-3-5-16(12-20)21(25)23-18-7-4-6-17(22)13-18/h3-13,24H,1-2H3,(H,23,25). The largest absolute Gasteiger partial charge is 0.322 e. The summed E-state index contributed by atoms with van der Waals surface area (Å²) < 4.78 is 41.1. The van der Waals surface area contributed by atoms with Gasteiger partial charge < -0.3 is 5.32 Å². The lowest BCUT2D eigenvalue weighted by atomic mass is 10.1. The second-order valence-electron chi connectivity index (χ2n) is 6.40. The van der Waals surface area contributed by atoms with Gasteiger partial charge in [0.05, 0.1) is 4.90 Å². The highest BCUT2D eigenvalue weighted by Gasteiger charge is 2.17. The number of halogens is 1. The zero-order valence-corrected chi connectivity index (χ0v) is 16.2. The number of benzene rings is 3. The van der Waals surface area contributed by atoms with Crippen molar-refractivity contribution in [3.8, 4) is 0 Å². The maximum atomic E-state index is 13.3. The number of hydrogen-bond donors (Lipinski definition) is 2. The van der Waals surface area contributed by atoms with Crippen molar-refractivity contribution in [1.82, 2.24) is 0 Å². The molecule has 0 fully saturated rings. The smallest absolute Gasteiger partial charge is 0.261 e. The van der Waals surface area contributed by atoms with Crippen molar-refractivity contribution < 1.29 is 17.6 Å². The molecule has 0 aliphatic rings. The summed E-state index contributed by atoms with van der Waals surface area (Å²) in [6.45, 7) is 3.83. The summed E-state index contributed by atoms with van der Waals surface area (Å²) in [6, 6.07) is 16.4. The van der Waals surface area contributed by atoms with Crippen molar-refractivity contribution in [3.05, 3.63) is 89.2 Å². The van der Waals surface area contributed by atoms with Gasteiger partial charge in [0.25, 0.3) is 15.9 Å². The third-order valence-corrected chi connectivity index (χ3v) is 5.63.